The zero-order valence-electron chi connectivity index (χ0n) is 16.7. The lowest BCUT2D eigenvalue weighted by Gasteiger charge is -2.29. The van der Waals surface area contributed by atoms with Crippen LogP contribution < -0.4 is 10.6 Å². The topological polar surface area (TPSA) is 56.0 Å². The van der Waals surface area contributed by atoms with Crippen molar-refractivity contribution in [2.45, 2.75) is 45.7 Å². The van der Waals surface area contributed by atoms with Crippen LogP contribution in [0.15, 0.2) is 27.8 Å². The van der Waals surface area contributed by atoms with Gasteiger partial charge in [0.25, 0.3) is 0 Å². The molecular weight excluding hydrogens is 441 g/mol. The minimum atomic E-state index is 0. The van der Waals surface area contributed by atoms with Gasteiger partial charge in [0, 0.05) is 26.2 Å². The van der Waals surface area contributed by atoms with Crippen molar-refractivity contribution in [1.29, 1.82) is 0 Å². The molecule has 0 saturated carbocycles. The Hall–Kier alpha value is -0.800. The van der Waals surface area contributed by atoms with E-state index in [1.807, 2.05) is 13.1 Å². The van der Waals surface area contributed by atoms with Crippen molar-refractivity contribution >= 4 is 29.9 Å². The van der Waals surface area contributed by atoms with Crippen LogP contribution in [-0.4, -0.2) is 68.1 Å². The molecule has 0 radical (unpaired) electrons. The van der Waals surface area contributed by atoms with Crippen LogP contribution >= 0.6 is 24.0 Å². The summed E-state index contributed by atoms with van der Waals surface area (Å²) in [5.41, 5.74) is 0. The molecule has 7 heteroatoms. The lowest BCUT2D eigenvalue weighted by molar-refractivity contribution is 0.193. The number of nitrogens with zero attached hydrogens (tertiary/aromatic N) is 3. The van der Waals surface area contributed by atoms with Crippen molar-refractivity contribution in [2.75, 3.05) is 46.3 Å². The standard InChI is InChI=1S/C19H35N5O.HI/c1-5-23(6-2)17(18-11-9-13-25-18)15-22-19(20-4)21-14-16-10-8-12-24(16)7-3;/h9,11,13,16-17H,5-8,10,12,14-15H2,1-4H3,(H2,20,21,22);1H. The number of hydrogen-bond donors (Lipinski definition) is 2. The average molecular weight is 477 g/mol. The molecule has 2 heterocycles. The third-order valence-corrected chi connectivity index (χ3v) is 5.22. The summed E-state index contributed by atoms with van der Waals surface area (Å²) in [6.07, 6.45) is 4.32. The molecule has 0 bridgehead atoms. The number of aliphatic imine (C=N–C) groups is 1. The summed E-state index contributed by atoms with van der Waals surface area (Å²) >= 11 is 0. The van der Waals surface area contributed by atoms with Crippen LogP contribution in [0.1, 0.15) is 45.4 Å². The zero-order chi connectivity index (χ0) is 18.1. The fourth-order valence-corrected chi connectivity index (χ4v) is 3.73. The molecule has 150 valence electrons. The van der Waals surface area contributed by atoms with E-state index in [-0.39, 0.29) is 30.0 Å². The van der Waals surface area contributed by atoms with Gasteiger partial charge in [0.05, 0.1) is 12.3 Å². The summed E-state index contributed by atoms with van der Waals surface area (Å²) in [5, 5.41) is 6.98. The zero-order valence-corrected chi connectivity index (χ0v) is 19.0. The molecule has 0 aliphatic carbocycles. The van der Waals surface area contributed by atoms with Crippen molar-refractivity contribution in [3.05, 3.63) is 24.2 Å². The molecule has 0 spiro atoms. The predicted octanol–water partition coefficient (Wildman–Crippen LogP) is 2.93. The Morgan fingerprint density at radius 2 is 2.12 bits per heavy atom. The van der Waals surface area contributed by atoms with E-state index in [2.05, 4.69) is 52.3 Å². The van der Waals surface area contributed by atoms with Gasteiger partial charge in [-0.15, -0.1) is 24.0 Å². The van der Waals surface area contributed by atoms with E-state index in [0.29, 0.717) is 6.04 Å². The number of likely N-dealkylation sites (N-methyl/N-ethyl adjacent to an activating group) is 2. The Bertz CT molecular complexity index is 504. The van der Waals surface area contributed by atoms with Crippen molar-refractivity contribution in [3.8, 4) is 0 Å². The molecular formula is C19H36IN5O. The number of hydrogen-bond acceptors (Lipinski definition) is 4. The smallest absolute Gasteiger partial charge is 0.191 e. The summed E-state index contributed by atoms with van der Waals surface area (Å²) in [7, 11) is 1.83. The molecule has 26 heavy (non-hydrogen) atoms. The highest BCUT2D eigenvalue weighted by Gasteiger charge is 2.24. The number of nitrogens with one attached hydrogen (secondary N) is 2. The first kappa shape index (κ1) is 23.2. The van der Waals surface area contributed by atoms with Crippen LogP contribution in [0.5, 0.6) is 0 Å². The van der Waals surface area contributed by atoms with Gasteiger partial charge in [-0.25, -0.2) is 0 Å². The van der Waals surface area contributed by atoms with E-state index in [0.717, 1.165) is 44.4 Å². The molecule has 0 amide bonds. The van der Waals surface area contributed by atoms with Gasteiger partial charge in [0.15, 0.2) is 5.96 Å². The number of furan rings is 1. The maximum Gasteiger partial charge on any atom is 0.191 e. The molecule has 1 aromatic heterocycles. The third-order valence-electron chi connectivity index (χ3n) is 5.22. The van der Waals surface area contributed by atoms with Crippen LogP contribution in [0.3, 0.4) is 0 Å². The fraction of sp³-hybridized carbons (Fsp3) is 0.737. The molecule has 1 fully saturated rings. The summed E-state index contributed by atoms with van der Waals surface area (Å²) in [6, 6.07) is 4.84. The Kier molecular flexibility index (Phi) is 11.2. The molecule has 1 aliphatic heterocycles. The Labute approximate surface area is 175 Å². The van der Waals surface area contributed by atoms with E-state index >= 15 is 0 Å². The highest BCUT2D eigenvalue weighted by atomic mass is 127. The van der Waals surface area contributed by atoms with Crippen molar-refractivity contribution in [1.82, 2.24) is 20.4 Å². The second-order valence-corrected chi connectivity index (χ2v) is 6.51. The van der Waals surface area contributed by atoms with E-state index in [1.54, 1.807) is 6.26 Å². The summed E-state index contributed by atoms with van der Waals surface area (Å²) in [5.74, 6) is 1.87. The molecule has 6 nitrogen and oxygen atoms in total. The Balaban J connectivity index is 0.00000338. The maximum atomic E-state index is 5.67. The normalized spacial score (nSPS) is 19.4. The number of likely N-dealkylation sites (tertiary alicyclic amines) is 1. The van der Waals surface area contributed by atoms with Crippen molar-refractivity contribution in [2.24, 2.45) is 4.99 Å². The minimum absolute atomic E-state index is 0. The van der Waals surface area contributed by atoms with E-state index in [1.165, 1.54) is 19.4 Å². The van der Waals surface area contributed by atoms with Crippen LogP contribution in [0.25, 0.3) is 0 Å². The van der Waals surface area contributed by atoms with Gasteiger partial charge in [-0.05, 0) is 51.2 Å². The van der Waals surface area contributed by atoms with Crippen molar-refractivity contribution < 1.29 is 4.42 Å². The van der Waals surface area contributed by atoms with Crippen LogP contribution in [0.2, 0.25) is 0 Å². The average Bonchev–Trinajstić information content (AvgIpc) is 3.32. The van der Waals surface area contributed by atoms with Crippen LogP contribution in [0.4, 0.5) is 0 Å². The monoisotopic (exact) mass is 477 g/mol. The van der Waals surface area contributed by atoms with Gasteiger partial charge >= 0.3 is 0 Å². The fourth-order valence-electron chi connectivity index (χ4n) is 3.73. The van der Waals surface area contributed by atoms with Gasteiger partial charge in [-0.3, -0.25) is 14.8 Å². The van der Waals surface area contributed by atoms with E-state index in [9.17, 15) is 0 Å². The number of rotatable bonds is 9. The van der Waals surface area contributed by atoms with Gasteiger partial charge in [0.2, 0.25) is 0 Å². The van der Waals surface area contributed by atoms with Gasteiger partial charge in [-0.2, -0.15) is 0 Å². The van der Waals surface area contributed by atoms with Crippen molar-refractivity contribution in [3.63, 3.8) is 0 Å². The Morgan fingerprint density at radius 1 is 1.35 bits per heavy atom. The molecule has 2 rings (SSSR count). The molecule has 1 aliphatic rings. The minimum Gasteiger partial charge on any atom is -0.468 e. The summed E-state index contributed by atoms with van der Waals surface area (Å²) in [6.45, 7) is 12.7. The first-order valence-electron chi connectivity index (χ1n) is 9.69. The quantitative estimate of drug-likeness (QED) is 0.326. The number of guanidine groups is 1. The third kappa shape index (κ3) is 6.42. The Morgan fingerprint density at radius 3 is 2.69 bits per heavy atom. The number of halogens is 1. The van der Waals surface area contributed by atoms with Crippen LogP contribution in [-0.2, 0) is 0 Å². The first-order chi connectivity index (χ1) is 12.2. The molecule has 2 unspecified atom stereocenters. The van der Waals surface area contributed by atoms with Gasteiger partial charge < -0.3 is 15.1 Å². The van der Waals surface area contributed by atoms with Gasteiger partial charge in [-0.1, -0.05) is 20.8 Å². The molecule has 2 atom stereocenters. The largest absolute Gasteiger partial charge is 0.468 e. The molecule has 1 aromatic rings. The predicted molar refractivity (Wildman–Crippen MR) is 119 cm³/mol. The summed E-state index contributed by atoms with van der Waals surface area (Å²) < 4.78 is 5.67. The maximum absolute atomic E-state index is 5.67. The molecule has 2 N–H and O–H groups in total. The highest BCUT2D eigenvalue weighted by molar-refractivity contribution is 14.0. The SMILES string of the molecule is CCN1CCCC1CNC(=NC)NCC(c1ccco1)N(CC)CC.I. The first-order valence-corrected chi connectivity index (χ1v) is 9.69. The lowest BCUT2D eigenvalue weighted by atomic mass is 10.2. The van der Waals surface area contributed by atoms with Crippen LogP contribution in [0, 0.1) is 0 Å². The second-order valence-electron chi connectivity index (χ2n) is 6.51. The highest BCUT2D eigenvalue weighted by Crippen LogP contribution is 2.20. The molecule has 1 saturated heterocycles. The second kappa shape index (κ2) is 12.6. The van der Waals surface area contributed by atoms with E-state index in [4.69, 9.17) is 4.42 Å². The van der Waals surface area contributed by atoms with Gasteiger partial charge in [0.1, 0.15) is 5.76 Å². The summed E-state index contributed by atoms with van der Waals surface area (Å²) in [4.78, 5) is 9.33. The van der Waals surface area contributed by atoms with E-state index < -0.39 is 0 Å². The molecule has 0 aromatic carbocycles. The lowest BCUT2D eigenvalue weighted by Crippen LogP contribution is -2.47.